The van der Waals surface area contributed by atoms with Gasteiger partial charge >= 0.3 is 0 Å². The van der Waals surface area contributed by atoms with Gasteiger partial charge in [-0.1, -0.05) is 28.4 Å². The van der Waals surface area contributed by atoms with E-state index in [0.717, 1.165) is 0 Å². The fourth-order valence-corrected chi connectivity index (χ4v) is 2.20. The van der Waals surface area contributed by atoms with Gasteiger partial charge in [-0.05, 0) is 32.0 Å². The molecule has 22 heavy (non-hydrogen) atoms. The average molecular weight is 342 g/mol. The third-order valence-corrected chi connectivity index (χ3v) is 3.57. The molecule has 1 aromatic heterocycles. The van der Waals surface area contributed by atoms with Gasteiger partial charge in [0.25, 0.3) is 5.91 Å². The summed E-state index contributed by atoms with van der Waals surface area (Å²) in [6.07, 6.45) is 0.0464. The van der Waals surface area contributed by atoms with Gasteiger partial charge in [-0.2, -0.15) is 0 Å². The van der Waals surface area contributed by atoms with Crippen LogP contribution in [0.3, 0.4) is 0 Å². The van der Waals surface area contributed by atoms with Crippen LogP contribution in [0.2, 0.25) is 10.0 Å². The van der Waals surface area contributed by atoms with E-state index in [0.29, 0.717) is 22.0 Å². The normalized spacial score (nSPS) is 10.4. The third-order valence-electron chi connectivity index (χ3n) is 3.01. The summed E-state index contributed by atoms with van der Waals surface area (Å²) in [4.78, 5) is 23.8. The van der Waals surface area contributed by atoms with Crippen molar-refractivity contribution in [2.75, 3.05) is 0 Å². The number of hydrazine groups is 1. The summed E-state index contributed by atoms with van der Waals surface area (Å²) >= 11 is 11.7. The lowest BCUT2D eigenvalue weighted by atomic mass is 10.1. The van der Waals surface area contributed by atoms with Gasteiger partial charge in [0.1, 0.15) is 5.76 Å². The van der Waals surface area contributed by atoms with Gasteiger partial charge in [0.2, 0.25) is 5.91 Å². The Hall–Kier alpha value is -2.05. The van der Waals surface area contributed by atoms with E-state index >= 15 is 0 Å². The van der Waals surface area contributed by atoms with E-state index in [9.17, 15) is 9.59 Å². The van der Waals surface area contributed by atoms with E-state index in [2.05, 4.69) is 16.0 Å². The predicted octanol–water partition coefficient (Wildman–Crippen LogP) is 2.60. The summed E-state index contributed by atoms with van der Waals surface area (Å²) in [6.45, 7) is 3.45. The first-order valence-electron chi connectivity index (χ1n) is 6.34. The molecule has 0 aliphatic heterocycles. The number of hydrogen-bond donors (Lipinski definition) is 2. The first kappa shape index (κ1) is 16.3. The maximum Gasteiger partial charge on any atom is 0.271 e. The molecule has 0 unspecified atom stereocenters. The van der Waals surface area contributed by atoms with Crippen molar-refractivity contribution in [1.82, 2.24) is 16.0 Å². The molecule has 0 radical (unpaired) electrons. The Morgan fingerprint density at radius 2 is 1.95 bits per heavy atom. The lowest BCUT2D eigenvalue weighted by Crippen LogP contribution is -2.42. The molecule has 0 aliphatic rings. The highest BCUT2D eigenvalue weighted by Crippen LogP contribution is 2.20. The van der Waals surface area contributed by atoms with Crippen molar-refractivity contribution in [2.45, 2.75) is 20.3 Å². The van der Waals surface area contributed by atoms with Crippen LogP contribution in [0.4, 0.5) is 0 Å². The smallest absolute Gasteiger partial charge is 0.271 e. The van der Waals surface area contributed by atoms with Crippen molar-refractivity contribution >= 4 is 35.0 Å². The monoisotopic (exact) mass is 341 g/mol. The highest BCUT2D eigenvalue weighted by molar-refractivity contribution is 6.35. The molecule has 2 N–H and O–H groups in total. The van der Waals surface area contributed by atoms with Gasteiger partial charge in [-0.25, -0.2) is 0 Å². The molecule has 8 heteroatoms. The Morgan fingerprint density at radius 1 is 1.23 bits per heavy atom. The van der Waals surface area contributed by atoms with Crippen molar-refractivity contribution in [3.63, 3.8) is 0 Å². The molecule has 2 amide bonds. The van der Waals surface area contributed by atoms with Crippen LogP contribution >= 0.6 is 23.2 Å². The van der Waals surface area contributed by atoms with E-state index in [4.69, 9.17) is 27.7 Å². The standard InChI is InChI=1S/C14H13Cl2N3O3/c1-7-10(8(2)22-19-7)6-13(20)17-18-14(21)11-5-9(15)3-4-12(11)16/h3-5H,6H2,1-2H3,(H,17,20)(H,18,21). The van der Waals surface area contributed by atoms with Crippen molar-refractivity contribution < 1.29 is 14.1 Å². The number of halogens is 2. The molecule has 0 spiro atoms. The number of nitrogens with one attached hydrogen (secondary N) is 2. The molecule has 1 aromatic carbocycles. The topological polar surface area (TPSA) is 84.2 Å². The maximum absolute atomic E-state index is 12.0. The van der Waals surface area contributed by atoms with Crippen LogP contribution in [0, 0.1) is 13.8 Å². The van der Waals surface area contributed by atoms with E-state index in [1.165, 1.54) is 12.1 Å². The van der Waals surface area contributed by atoms with Crippen LogP contribution in [-0.4, -0.2) is 17.0 Å². The molecule has 0 saturated heterocycles. The minimum absolute atomic E-state index is 0.0464. The van der Waals surface area contributed by atoms with Gasteiger partial charge in [-0.15, -0.1) is 0 Å². The predicted molar refractivity (Wildman–Crippen MR) is 81.8 cm³/mol. The van der Waals surface area contributed by atoms with Gasteiger partial charge in [0.05, 0.1) is 22.7 Å². The number of carbonyl (C=O) groups is 2. The molecule has 0 atom stereocenters. The zero-order chi connectivity index (χ0) is 16.3. The van der Waals surface area contributed by atoms with Crippen LogP contribution in [-0.2, 0) is 11.2 Å². The van der Waals surface area contributed by atoms with Crippen molar-refractivity contribution in [3.05, 3.63) is 50.8 Å². The molecule has 0 bridgehead atoms. The fraction of sp³-hybridized carbons (Fsp3) is 0.214. The number of aromatic nitrogens is 1. The molecular weight excluding hydrogens is 329 g/mol. The Bertz CT molecular complexity index is 709. The Kier molecular flexibility index (Phi) is 5.05. The molecule has 6 nitrogen and oxygen atoms in total. The molecule has 0 saturated carbocycles. The summed E-state index contributed by atoms with van der Waals surface area (Å²) in [7, 11) is 0. The summed E-state index contributed by atoms with van der Waals surface area (Å²) < 4.78 is 4.97. The molecule has 2 aromatic rings. The van der Waals surface area contributed by atoms with Crippen LogP contribution in [0.1, 0.15) is 27.4 Å². The number of benzene rings is 1. The summed E-state index contributed by atoms with van der Waals surface area (Å²) in [5, 5.41) is 4.37. The molecular formula is C14H13Cl2N3O3. The van der Waals surface area contributed by atoms with E-state index in [1.807, 2.05) is 0 Å². The van der Waals surface area contributed by atoms with Crippen LogP contribution in [0.25, 0.3) is 0 Å². The van der Waals surface area contributed by atoms with Crippen LogP contribution in [0.15, 0.2) is 22.7 Å². The van der Waals surface area contributed by atoms with Gasteiger partial charge in [0.15, 0.2) is 0 Å². The second-order valence-electron chi connectivity index (χ2n) is 4.61. The fourth-order valence-electron chi connectivity index (χ4n) is 1.82. The van der Waals surface area contributed by atoms with Gasteiger partial charge in [0, 0.05) is 10.6 Å². The third kappa shape index (κ3) is 3.78. The highest BCUT2D eigenvalue weighted by Gasteiger charge is 2.15. The summed E-state index contributed by atoms with van der Waals surface area (Å²) in [6, 6.07) is 4.49. The highest BCUT2D eigenvalue weighted by atomic mass is 35.5. The second kappa shape index (κ2) is 6.81. The molecule has 2 rings (SSSR count). The van der Waals surface area contributed by atoms with E-state index in [-0.39, 0.29) is 17.0 Å². The number of amides is 2. The largest absolute Gasteiger partial charge is 0.361 e. The SMILES string of the molecule is Cc1noc(C)c1CC(=O)NNC(=O)c1cc(Cl)ccc1Cl. The summed E-state index contributed by atoms with van der Waals surface area (Å²) in [5.41, 5.74) is 6.09. The number of rotatable bonds is 3. The number of carbonyl (C=O) groups excluding carboxylic acids is 2. The number of hydrogen-bond acceptors (Lipinski definition) is 4. The van der Waals surface area contributed by atoms with Gasteiger partial charge in [-0.3, -0.25) is 20.4 Å². The zero-order valence-electron chi connectivity index (χ0n) is 11.9. The Balaban J connectivity index is 1.96. The minimum atomic E-state index is -0.556. The zero-order valence-corrected chi connectivity index (χ0v) is 13.4. The average Bonchev–Trinajstić information content (AvgIpc) is 2.79. The maximum atomic E-state index is 12.0. The van der Waals surface area contributed by atoms with E-state index in [1.54, 1.807) is 19.9 Å². The van der Waals surface area contributed by atoms with Crippen LogP contribution in [0.5, 0.6) is 0 Å². The number of aryl methyl sites for hydroxylation is 2. The molecule has 1 heterocycles. The second-order valence-corrected chi connectivity index (χ2v) is 5.45. The lowest BCUT2D eigenvalue weighted by molar-refractivity contribution is -0.121. The first-order chi connectivity index (χ1) is 10.4. The van der Waals surface area contributed by atoms with Crippen molar-refractivity contribution in [2.24, 2.45) is 0 Å². The summed E-state index contributed by atoms with van der Waals surface area (Å²) in [5.74, 6) is -0.391. The van der Waals surface area contributed by atoms with Gasteiger partial charge < -0.3 is 4.52 Å². The minimum Gasteiger partial charge on any atom is -0.361 e. The first-order valence-corrected chi connectivity index (χ1v) is 7.10. The van der Waals surface area contributed by atoms with Crippen LogP contribution < -0.4 is 10.9 Å². The van der Waals surface area contributed by atoms with E-state index < -0.39 is 11.8 Å². The molecule has 116 valence electrons. The molecule has 0 aliphatic carbocycles. The Labute approximate surface area is 136 Å². The molecule has 0 fully saturated rings. The Morgan fingerprint density at radius 3 is 2.59 bits per heavy atom. The lowest BCUT2D eigenvalue weighted by Gasteiger charge is -2.08. The quantitative estimate of drug-likeness (QED) is 0.840. The number of nitrogens with zero attached hydrogens (tertiary/aromatic N) is 1. The van der Waals surface area contributed by atoms with Crippen molar-refractivity contribution in [1.29, 1.82) is 0 Å². The van der Waals surface area contributed by atoms with Crippen molar-refractivity contribution in [3.8, 4) is 0 Å².